The molecule has 0 heterocycles. The molecule has 0 atom stereocenters. The molecule has 0 aliphatic heterocycles. The molecule has 0 aromatic carbocycles. The van der Waals surface area contributed by atoms with Gasteiger partial charge in [0.2, 0.25) is 5.91 Å². The van der Waals surface area contributed by atoms with Gasteiger partial charge in [-0.2, -0.15) is 0 Å². The predicted molar refractivity (Wildman–Crippen MR) is 75.8 cm³/mol. The van der Waals surface area contributed by atoms with Crippen LogP contribution in [0.25, 0.3) is 0 Å². The van der Waals surface area contributed by atoms with Crippen LogP contribution in [0, 0.1) is 5.92 Å². The summed E-state index contributed by atoms with van der Waals surface area (Å²) in [5.74, 6) is 0.937. The van der Waals surface area contributed by atoms with Crippen molar-refractivity contribution in [3.63, 3.8) is 0 Å². The maximum Gasteiger partial charge on any atom is 0.219 e. The minimum absolute atomic E-state index is 0. The summed E-state index contributed by atoms with van der Waals surface area (Å²) in [6, 6.07) is 0. The van der Waals surface area contributed by atoms with Crippen molar-refractivity contribution < 1.29 is 6.22 Å². The van der Waals surface area contributed by atoms with E-state index in [9.17, 15) is 4.79 Å². The van der Waals surface area contributed by atoms with Crippen LogP contribution < -0.4 is 5.32 Å². The number of amides is 1. The molecule has 0 bridgehead atoms. The first-order valence-corrected chi connectivity index (χ1v) is 6.29. The van der Waals surface area contributed by atoms with Gasteiger partial charge in [0.25, 0.3) is 0 Å². The van der Waals surface area contributed by atoms with Gasteiger partial charge >= 0.3 is 0 Å². The third-order valence-electron chi connectivity index (χ3n) is 1.75. The molecule has 0 radical (unpaired) electrons. The molecule has 0 aromatic heterocycles. The lowest BCUT2D eigenvalue weighted by atomic mass is 10.1. The van der Waals surface area contributed by atoms with Crippen LogP contribution in [0.4, 0.5) is 0 Å². The van der Waals surface area contributed by atoms with Gasteiger partial charge in [0, 0.05) is 14.9 Å². The quantitative estimate of drug-likeness (QED) is 0.811. The Kier molecular flexibility index (Phi) is 21.9. The van der Waals surface area contributed by atoms with Gasteiger partial charge in [-0.3, -0.25) is 4.79 Å². The molecular weight excluding hydrogens is 200 g/mol. The van der Waals surface area contributed by atoms with Crippen LogP contribution in [0.5, 0.6) is 0 Å². The maximum absolute atomic E-state index is 10.1. The Morgan fingerprint density at radius 1 is 1.31 bits per heavy atom. The monoisotopic (exact) mass is 234 g/mol. The van der Waals surface area contributed by atoms with Gasteiger partial charge < -0.3 is 10.2 Å². The Morgan fingerprint density at radius 3 is 1.81 bits per heavy atom. The van der Waals surface area contributed by atoms with Crippen molar-refractivity contribution >= 4 is 5.91 Å². The van der Waals surface area contributed by atoms with Gasteiger partial charge in [0.05, 0.1) is 0 Å². The highest BCUT2D eigenvalue weighted by molar-refractivity contribution is 5.74. The smallest absolute Gasteiger partial charge is 0.219 e. The summed E-state index contributed by atoms with van der Waals surface area (Å²) in [6.07, 6.45) is 1.89. The first kappa shape index (κ1) is 20.8. The summed E-state index contributed by atoms with van der Waals surface area (Å²) in [5.41, 5.74) is 0. The fraction of sp³-hybridized carbons (Fsp3) is 0.923. The van der Waals surface area contributed by atoms with Crippen molar-refractivity contribution in [2.45, 2.75) is 47.5 Å². The molecule has 0 aliphatic rings. The number of nitrogens with zero attached hydrogens (tertiary/aromatic N) is 1. The predicted octanol–water partition coefficient (Wildman–Crippen LogP) is 3.01. The van der Waals surface area contributed by atoms with Crippen molar-refractivity contribution in [1.82, 2.24) is 10.2 Å². The molecule has 0 rings (SSSR count). The van der Waals surface area contributed by atoms with Crippen LogP contribution in [0.3, 0.4) is 0 Å². The molecule has 0 aliphatic carbocycles. The minimum Gasteiger partial charge on any atom is -0.359 e. The average molecular weight is 234 g/mol. The number of nitrogens with one attached hydrogen (secondary N) is 1. The molecule has 0 saturated carbocycles. The summed E-state index contributed by atoms with van der Waals surface area (Å²) < 4.78 is 0. The number of hydrogen-bond donors (Lipinski definition) is 1. The molecule has 16 heavy (non-hydrogen) atoms. The van der Waals surface area contributed by atoms with Crippen LogP contribution >= 0.6 is 0 Å². The molecule has 0 aromatic rings. The van der Waals surface area contributed by atoms with E-state index in [0.717, 1.165) is 5.92 Å². The normalized spacial score (nSPS) is 8.88. The number of carbonyl (C=O) groups is 1. The highest BCUT2D eigenvalue weighted by Gasteiger charge is 1.93. The van der Waals surface area contributed by atoms with Crippen molar-refractivity contribution in [2.24, 2.45) is 5.92 Å². The van der Waals surface area contributed by atoms with E-state index in [1.807, 2.05) is 20.8 Å². The van der Waals surface area contributed by atoms with Crippen molar-refractivity contribution in [3.05, 3.63) is 0 Å². The fourth-order valence-corrected chi connectivity index (χ4v) is 0.693. The summed E-state index contributed by atoms with van der Waals surface area (Å²) >= 11 is 0. The second-order valence-electron chi connectivity index (χ2n) is 4.01. The molecular formula is C13H34N2O. The Hall–Kier alpha value is -0.570. The average Bonchev–Trinajstić information content (AvgIpc) is 2.28. The Bertz CT molecular complexity index is 125. The number of carbonyl (C=O) groups excluding carboxylic acids is 1. The first-order chi connectivity index (χ1) is 7.43. The zero-order chi connectivity index (χ0) is 13.6. The van der Waals surface area contributed by atoms with E-state index in [1.54, 1.807) is 7.05 Å². The molecule has 0 saturated heterocycles. The van der Waals surface area contributed by atoms with Crippen molar-refractivity contribution in [2.75, 3.05) is 27.7 Å². The first-order valence-electron chi connectivity index (χ1n) is 6.29. The van der Waals surface area contributed by atoms with Gasteiger partial charge in [-0.15, -0.1) is 0 Å². The molecule has 0 unspecified atom stereocenters. The summed E-state index contributed by atoms with van der Waals surface area (Å²) in [7, 11) is 5.86. The Morgan fingerprint density at radius 2 is 1.75 bits per heavy atom. The molecule has 0 fully saturated rings. The topological polar surface area (TPSA) is 32.3 Å². The van der Waals surface area contributed by atoms with Crippen molar-refractivity contribution in [1.29, 1.82) is 0 Å². The third kappa shape index (κ3) is 29.2. The van der Waals surface area contributed by atoms with Gasteiger partial charge in [-0.05, 0) is 33.0 Å². The van der Waals surface area contributed by atoms with Crippen LogP contribution in [-0.4, -0.2) is 38.5 Å². The Labute approximate surface area is 104 Å². The van der Waals surface area contributed by atoms with E-state index in [-0.39, 0.29) is 7.33 Å². The number of hydrogen-bond acceptors (Lipinski definition) is 2. The minimum atomic E-state index is 0. The highest BCUT2D eigenvalue weighted by atomic mass is 16.1. The SMILES string of the molecule is CC.CC(C)CCN(C)C.CCC(=O)NC.[HH]. The molecule has 3 nitrogen and oxygen atoms in total. The summed E-state index contributed by atoms with van der Waals surface area (Å²) in [5, 5.41) is 2.48. The molecule has 1 N–H and O–H groups in total. The highest BCUT2D eigenvalue weighted by Crippen LogP contribution is 1.98. The van der Waals surface area contributed by atoms with Gasteiger partial charge in [-0.1, -0.05) is 34.6 Å². The fourth-order valence-electron chi connectivity index (χ4n) is 0.693. The Balaban J connectivity index is -0.0000000844. The van der Waals surface area contributed by atoms with Gasteiger partial charge in [0.15, 0.2) is 0 Å². The van der Waals surface area contributed by atoms with Crippen LogP contribution in [0.2, 0.25) is 0 Å². The van der Waals surface area contributed by atoms with Gasteiger partial charge in [0.1, 0.15) is 0 Å². The zero-order valence-corrected chi connectivity index (χ0v) is 12.6. The van der Waals surface area contributed by atoms with E-state index in [0.29, 0.717) is 6.42 Å². The van der Waals surface area contributed by atoms with E-state index < -0.39 is 0 Å². The van der Waals surface area contributed by atoms with E-state index in [1.165, 1.54) is 13.0 Å². The van der Waals surface area contributed by atoms with Crippen molar-refractivity contribution in [3.8, 4) is 0 Å². The molecule has 102 valence electrons. The second-order valence-corrected chi connectivity index (χ2v) is 4.01. The van der Waals surface area contributed by atoms with Crippen LogP contribution in [0.15, 0.2) is 0 Å². The molecule has 3 heteroatoms. The van der Waals surface area contributed by atoms with E-state index in [2.05, 4.69) is 38.2 Å². The number of rotatable bonds is 4. The largest absolute Gasteiger partial charge is 0.359 e. The molecule has 1 amide bonds. The summed E-state index contributed by atoms with van der Waals surface area (Å²) in [4.78, 5) is 12.3. The van der Waals surface area contributed by atoms with Crippen LogP contribution in [-0.2, 0) is 4.79 Å². The lowest BCUT2D eigenvalue weighted by Crippen LogP contribution is -2.15. The van der Waals surface area contributed by atoms with Crippen LogP contribution in [0.1, 0.15) is 48.9 Å². The lowest BCUT2D eigenvalue weighted by molar-refractivity contribution is -0.120. The van der Waals surface area contributed by atoms with E-state index >= 15 is 0 Å². The maximum atomic E-state index is 10.1. The molecule has 0 spiro atoms. The van der Waals surface area contributed by atoms with E-state index in [4.69, 9.17) is 0 Å². The third-order valence-corrected chi connectivity index (χ3v) is 1.75. The second kappa shape index (κ2) is 16.8. The zero-order valence-electron chi connectivity index (χ0n) is 12.6. The lowest BCUT2D eigenvalue weighted by Gasteiger charge is -2.10. The van der Waals surface area contributed by atoms with Gasteiger partial charge in [-0.25, -0.2) is 0 Å². The summed E-state index contributed by atoms with van der Waals surface area (Å²) in [6.45, 7) is 11.5. The standard InChI is InChI=1S/C7H17N.C4H9NO.C2H6.H2/c1-7(2)5-6-8(3)4;1-3-4(6)5-2;1-2;/h7H,5-6H2,1-4H3;3H2,1-2H3,(H,5,6);1-2H3;1H.